The summed E-state index contributed by atoms with van der Waals surface area (Å²) < 4.78 is 13.2. The van der Waals surface area contributed by atoms with E-state index in [1.807, 2.05) is 0 Å². The van der Waals surface area contributed by atoms with Gasteiger partial charge in [0.1, 0.15) is 22.3 Å². The molecular weight excluding hydrogens is 729 g/mol. The van der Waals surface area contributed by atoms with Crippen molar-refractivity contribution in [1.29, 1.82) is 0 Å². The highest BCUT2D eigenvalue weighted by atomic mass is 16.3. The first kappa shape index (κ1) is 33.1. The quantitative estimate of drug-likeness (QED) is 0.167. The van der Waals surface area contributed by atoms with Crippen molar-refractivity contribution in [2.75, 3.05) is 0 Å². The summed E-state index contributed by atoms with van der Waals surface area (Å²) in [4.78, 5) is 0. The van der Waals surface area contributed by atoms with E-state index in [1.165, 1.54) is 76.8 Å². The second-order valence-corrected chi connectivity index (χ2v) is 15.9. The number of rotatable bonds is 4. The fourth-order valence-corrected chi connectivity index (χ4v) is 10.0. The Morgan fingerprint density at radius 3 is 1.18 bits per heavy atom. The van der Waals surface area contributed by atoms with E-state index in [9.17, 15) is 0 Å². The molecule has 0 fully saturated rings. The lowest BCUT2D eigenvalue weighted by atomic mass is 9.83. The molecule has 13 aromatic rings. The monoisotopic (exact) mass is 762 g/mol. The van der Waals surface area contributed by atoms with Crippen LogP contribution in [0.1, 0.15) is 0 Å². The van der Waals surface area contributed by atoms with E-state index in [1.54, 1.807) is 0 Å². The number of fused-ring (bicyclic) bond motifs is 10. The molecule has 0 saturated heterocycles. The van der Waals surface area contributed by atoms with Crippen LogP contribution in [0.3, 0.4) is 0 Å². The van der Waals surface area contributed by atoms with E-state index in [0.29, 0.717) is 0 Å². The molecule has 0 aliphatic heterocycles. The third-order valence-corrected chi connectivity index (χ3v) is 12.6. The van der Waals surface area contributed by atoms with Crippen LogP contribution in [0.5, 0.6) is 0 Å². The molecule has 0 radical (unpaired) electrons. The molecule has 2 aromatic heterocycles. The SMILES string of the molecule is c1ccc(-c2ccc(-c3c4cccc(-c5c6ccccc6cc6oc7ccccc7c56)c4cc4c(-c5c6ccccc6cc6oc7ccccc7c56)cccc34)cc2)cc1. The maximum absolute atomic E-state index is 6.62. The van der Waals surface area contributed by atoms with Crippen LogP contribution in [0.25, 0.3) is 131 Å². The first-order chi connectivity index (χ1) is 29.8. The first-order valence-electron chi connectivity index (χ1n) is 20.6. The zero-order valence-electron chi connectivity index (χ0n) is 32.4. The van der Waals surface area contributed by atoms with Crippen molar-refractivity contribution in [1.82, 2.24) is 0 Å². The molecule has 0 spiro atoms. The number of benzene rings is 11. The highest BCUT2D eigenvalue weighted by Gasteiger charge is 2.23. The standard InChI is InChI=1S/C58H34O2/c1-2-14-35(15-3-1)36-28-30-37(31-29-36)54-42-22-12-24-44(55-40-18-6-4-16-38(40)32-52-57(55)46-20-8-10-26-50(46)59-52)48(42)34-49-43(54)23-13-25-45(49)56-41-19-7-5-17-39(41)33-53-58(56)47-21-9-11-27-51(47)60-53/h1-34H. The Morgan fingerprint density at radius 2 is 0.650 bits per heavy atom. The molecular formula is C58H34O2. The number of furan rings is 2. The zero-order chi connectivity index (χ0) is 39.3. The van der Waals surface area contributed by atoms with Crippen LogP contribution in [-0.4, -0.2) is 0 Å². The van der Waals surface area contributed by atoms with Gasteiger partial charge in [-0.05, 0) is 107 Å². The molecule has 11 aromatic carbocycles. The van der Waals surface area contributed by atoms with Gasteiger partial charge in [-0.1, -0.05) is 176 Å². The molecule has 0 amide bonds. The molecule has 0 unspecified atom stereocenters. The van der Waals surface area contributed by atoms with Crippen LogP contribution < -0.4 is 0 Å². The highest BCUT2D eigenvalue weighted by Crippen LogP contribution is 2.50. The van der Waals surface area contributed by atoms with Gasteiger partial charge < -0.3 is 8.83 Å². The van der Waals surface area contributed by atoms with E-state index in [-0.39, 0.29) is 0 Å². The Morgan fingerprint density at radius 1 is 0.233 bits per heavy atom. The van der Waals surface area contributed by atoms with Crippen molar-refractivity contribution in [2.45, 2.75) is 0 Å². The average Bonchev–Trinajstić information content (AvgIpc) is 3.87. The summed E-state index contributed by atoms with van der Waals surface area (Å²) in [7, 11) is 0. The molecule has 2 heteroatoms. The molecule has 2 nitrogen and oxygen atoms in total. The lowest BCUT2D eigenvalue weighted by Gasteiger charge is -2.19. The Balaban J connectivity index is 1.20. The molecule has 0 atom stereocenters. The van der Waals surface area contributed by atoms with E-state index in [0.717, 1.165) is 54.6 Å². The largest absolute Gasteiger partial charge is 0.456 e. The molecule has 0 aliphatic rings. The first-order valence-corrected chi connectivity index (χ1v) is 20.6. The van der Waals surface area contributed by atoms with Gasteiger partial charge in [0.15, 0.2) is 0 Å². The van der Waals surface area contributed by atoms with Gasteiger partial charge in [0, 0.05) is 32.7 Å². The van der Waals surface area contributed by atoms with Gasteiger partial charge >= 0.3 is 0 Å². The Bertz CT molecular complexity index is 3650. The molecule has 13 rings (SSSR count). The lowest BCUT2D eigenvalue weighted by molar-refractivity contribution is 0.669. The van der Waals surface area contributed by atoms with E-state index >= 15 is 0 Å². The molecule has 278 valence electrons. The molecule has 2 heterocycles. The summed E-state index contributed by atoms with van der Waals surface area (Å²) in [6, 6.07) is 74.7. The van der Waals surface area contributed by atoms with Gasteiger partial charge in [0.2, 0.25) is 0 Å². The van der Waals surface area contributed by atoms with Gasteiger partial charge in [-0.3, -0.25) is 0 Å². The number of hydrogen-bond acceptors (Lipinski definition) is 2. The van der Waals surface area contributed by atoms with E-state index < -0.39 is 0 Å². The molecule has 0 bridgehead atoms. The zero-order valence-corrected chi connectivity index (χ0v) is 32.4. The van der Waals surface area contributed by atoms with E-state index in [4.69, 9.17) is 8.83 Å². The maximum atomic E-state index is 6.62. The summed E-state index contributed by atoms with van der Waals surface area (Å²) in [6.07, 6.45) is 0. The second kappa shape index (κ2) is 12.8. The van der Waals surface area contributed by atoms with Crippen molar-refractivity contribution in [3.05, 3.63) is 206 Å². The molecule has 0 aliphatic carbocycles. The third kappa shape index (κ3) is 4.82. The fraction of sp³-hybridized carbons (Fsp3) is 0. The van der Waals surface area contributed by atoms with Crippen LogP contribution in [0.2, 0.25) is 0 Å². The normalized spacial score (nSPS) is 12.0. The van der Waals surface area contributed by atoms with Gasteiger partial charge in [-0.2, -0.15) is 0 Å². The van der Waals surface area contributed by atoms with Gasteiger partial charge in [-0.25, -0.2) is 0 Å². The average molecular weight is 763 g/mol. The van der Waals surface area contributed by atoms with Crippen molar-refractivity contribution < 1.29 is 8.83 Å². The summed E-state index contributed by atoms with van der Waals surface area (Å²) in [6.45, 7) is 0. The van der Waals surface area contributed by atoms with Crippen molar-refractivity contribution in [3.63, 3.8) is 0 Å². The van der Waals surface area contributed by atoms with Gasteiger partial charge in [-0.15, -0.1) is 0 Å². The summed E-state index contributed by atoms with van der Waals surface area (Å²) in [5.74, 6) is 0. The van der Waals surface area contributed by atoms with Crippen LogP contribution in [0.15, 0.2) is 215 Å². The van der Waals surface area contributed by atoms with E-state index in [2.05, 4.69) is 206 Å². The predicted molar refractivity (Wildman–Crippen MR) is 253 cm³/mol. The molecule has 0 N–H and O–H groups in total. The molecule has 0 saturated carbocycles. The summed E-state index contributed by atoms with van der Waals surface area (Å²) in [5.41, 5.74) is 13.1. The topological polar surface area (TPSA) is 26.3 Å². The highest BCUT2D eigenvalue weighted by molar-refractivity contribution is 6.28. The van der Waals surface area contributed by atoms with Crippen molar-refractivity contribution in [3.8, 4) is 44.5 Å². The Labute approximate surface area is 345 Å². The summed E-state index contributed by atoms with van der Waals surface area (Å²) >= 11 is 0. The number of hydrogen-bond donors (Lipinski definition) is 0. The maximum Gasteiger partial charge on any atom is 0.136 e. The smallest absolute Gasteiger partial charge is 0.136 e. The van der Waals surface area contributed by atoms with Gasteiger partial charge in [0.05, 0.1) is 0 Å². The minimum Gasteiger partial charge on any atom is -0.456 e. The van der Waals surface area contributed by atoms with Crippen LogP contribution in [-0.2, 0) is 0 Å². The summed E-state index contributed by atoms with van der Waals surface area (Å²) in [5, 5.41) is 14.0. The minimum absolute atomic E-state index is 0.892. The number of para-hydroxylation sites is 2. The predicted octanol–water partition coefficient (Wildman–Crippen LogP) is 16.8. The van der Waals surface area contributed by atoms with Crippen LogP contribution in [0, 0.1) is 0 Å². The Kier molecular flexibility index (Phi) is 7.05. The second-order valence-electron chi connectivity index (χ2n) is 15.9. The van der Waals surface area contributed by atoms with Gasteiger partial charge in [0.25, 0.3) is 0 Å². The molecule has 60 heavy (non-hydrogen) atoms. The van der Waals surface area contributed by atoms with Crippen LogP contribution >= 0.6 is 0 Å². The van der Waals surface area contributed by atoms with Crippen LogP contribution in [0.4, 0.5) is 0 Å². The van der Waals surface area contributed by atoms with Crippen molar-refractivity contribution >= 4 is 87.0 Å². The fourth-order valence-electron chi connectivity index (χ4n) is 10.0. The third-order valence-electron chi connectivity index (χ3n) is 12.6. The minimum atomic E-state index is 0.892. The Hall–Kier alpha value is -7.94. The lowest BCUT2D eigenvalue weighted by Crippen LogP contribution is -1.92. The van der Waals surface area contributed by atoms with Crippen molar-refractivity contribution in [2.24, 2.45) is 0 Å².